The summed E-state index contributed by atoms with van der Waals surface area (Å²) in [4.78, 5) is 18.0. The Morgan fingerprint density at radius 1 is 1.06 bits per heavy atom. The van der Waals surface area contributed by atoms with E-state index < -0.39 is 5.60 Å². The Kier molecular flexibility index (Phi) is 5.05. The molecule has 0 spiro atoms. The molecule has 0 radical (unpaired) electrons. The topological polar surface area (TPSA) is 80.9 Å². The van der Waals surface area contributed by atoms with Crippen molar-refractivity contribution < 1.29 is 9.90 Å². The smallest absolute Gasteiger partial charge is 0.201 e. The Labute approximate surface area is 202 Å². The summed E-state index contributed by atoms with van der Waals surface area (Å²) in [6.45, 7) is 9.32. The molecule has 8 atom stereocenters. The number of aromatic nitrogens is 4. The highest BCUT2D eigenvalue weighted by Gasteiger charge is 2.61. The first-order valence-corrected chi connectivity index (χ1v) is 13.5. The van der Waals surface area contributed by atoms with Gasteiger partial charge >= 0.3 is 0 Å². The zero-order valence-corrected chi connectivity index (χ0v) is 21.3. The van der Waals surface area contributed by atoms with Crippen LogP contribution in [0.1, 0.15) is 84.1 Å². The van der Waals surface area contributed by atoms with Crippen molar-refractivity contribution >= 4 is 16.9 Å². The van der Waals surface area contributed by atoms with Crippen LogP contribution in [0, 0.1) is 47.3 Å². The van der Waals surface area contributed by atoms with Crippen LogP contribution in [-0.2, 0) is 11.3 Å². The molecule has 34 heavy (non-hydrogen) atoms. The van der Waals surface area contributed by atoms with Gasteiger partial charge in [-0.15, -0.1) is 5.10 Å². The fraction of sp³-hybridized carbons (Fsp3) is 0.786. The van der Waals surface area contributed by atoms with E-state index in [0.717, 1.165) is 55.0 Å². The number of carbonyl (C=O) groups excluding carboxylic acids is 1. The average molecular weight is 465 g/mol. The van der Waals surface area contributed by atoms with Crippen molar-refractivity contribution in [3.05, 3.63) is 17.8 Å². The van der Waals surface area contributed by atoms with Crippen LogP contribution in [0.5, 0.6) is 0 Å². The molecule has 2 aromatic heterocycles. The summed E-state index contributed by atoms with van der Waals surface area (Å²) in [6.07, 6.45) is 12.0. The quantitative estimate of drug-likeness (QED) is 0.682. The van der Waals surface area contributed by atoms with Crippen molar-refractivity contribution in [2.75, 3.05) is 0 Å². The highest BCUT2D eigenvalue weighted by atomic mass is 16.3. The molecule has 6 nitrogen and oxygen atoms in total. The van der Waals surface area contributed by atoms with E-state index in [4.69, 9.17) is 0 Å². The van der Waals surface area contributed by atoms with Crippen molar-refractivity contribution in [3.63, 3.8) is 0 Å². The third-order valence-electron chi connectivity index (χ3n) is 11.2. The molecule has 0 saturated heterocycles. The van der Waals surface area contributed by atoms with Crippen LogP contribution in [0.2, 0.25) is 0 Å². The molecule has 2 aromatic rings. The molecule has 4 aliphatic rings. The van der Waals surface area contributed by atoms with Crippen LogP contribution in [0.4, 0.5) is 0 Å². The minimum atomic E-state index is -0.481. The summed E-state index contributed by atoms with van der Waals surface area (Å²) in [5.74, 6) is 3.23. The van der Waals surface area contributed by atoms with Gasteiger partial charge in [0.25, 0.3) is 0 Å². The van der Waals surface area contributed by atoms with Gasteiger partial charge in [0, 0.05) is 12.1 Å². The fourth-order valence-corrected chi connectivity index (χ4v) is 9.29. The molecule has 4 aliphatic carbocycles. The largest absolute Gasteiger partial charge is 0.390 e. The lowest BCUT2D eigenvalue weighted by Crippen LogP contribution is -2.55. The number of hydrogen-bond donors (Lipinski definition) is 1. The number of aryl methyl sites for hydroxylation is 1. The van der Waals surface area contributed by atoms with Gasteiger partial charge in [-0.05, 0) is 118 Å². The summed E-state index contributed by atoms with van der Waals surface area (Å²) in [5, 5.41) is 19.2. The fourth-order valence-electron chi connectivity index (χ4n) is 9.29. The number of carbonyl (C=O) groups is 1. The van der Waals surface area contributed by atoms with Crippen molar-refractivity contribution in [3.8, 4) is 0 Å². The standard InChI is InChI=1S/C28H40N4O2/c1-17-13-23-25(29-15-17)30-31-32(23)16-24(33)22-8-7-20-19-6-5-18-14-26(2,34)11-12-27(18,3)21(19)9-10-28(20,22)4/h13,15,18-22,34H,5-12,14,16H2,1-4H3/t18-,19+,20+,21+,22-,26-,27+,28+/m1/s1. The summed E-state index contributed by atoms with van der Waals surface area (Å²) in [5.41, 5.74) is 2.51. The minimum absolute atomic E-state index is 0.103. The second-order valence-electron chi connectivity index (χ2n) is 13.1. The highest BCUT2D eigenvalue weighted by molar-refractivity contribution is 5.83. The van der Waals surface area contributed by atoms with Crippen molar-refractivity contribution in [1.82, 2.24) is 20.0 Å². The Balaban J connectivity index is 1.22. The Hall–Kier alpha value is -1.82. The number of Topliss-reactive ketones (excluding diaryl/α,β-unsaturated/α-hetero) is 1. The van der Waals surface area contributed by atoms with Gasteiger partial charge < -0.3 is 5.11 Å². The average Bonchev–Trinajstić information content (AvgIpc) is 3.34. The number of rotatable bonds is 3. The molecule has 184 valence electrons. The lowest BCUT2D eigenvalue weighted by Gasteiger charge is -2.61. The summed E-state index contributed by atoms with van der Waals surface area (Å²) in [6, 6.07) is 2.03. The Morgan fingerprint density at radius 3 is 2.68 bits per heavy atom. The predicted octanol–water partition coefficient (Wildman–Crippen LogP) is 5.11. The first-order chi connectivity index (χ1) is 16.1. The van der Waals surface area contributed by atoms with Gasteiger partial charge in [-0.1, -0.05) is 19.1 Å². The molecule has 1 N–H and O–H groups in total. The zero-order chi connectivity index (χ0) is 23.9. The molecule has 4 fully saturated rings. The summed E-state index contributed by atoms with van der Waals surface area (Å²) >= 11 is 0. The number of aliphatic hydroxyl groups is 1. The van der Waals surface area contributed by atoms with Gasteiger partial charge in [0.2, 0.25) is 5.65 Å². The van der Waals surface area contributed by atoms with Gasteiger partial charge in [-0.2, -0.15) is 0 Å². The predicted molar refractivity (Wildman–Crippen MR) is 131 cm³/mol. The highest BCUT2D eigenvalue weighted by Crippen LogP contribution is 2.68. The second kappa shape index (κ2) is 7.59. The van der Waals surface area contributed by atoms with Crippen molar-refractivity contribution in [1.29, 1.82) is 0 Å². The maximum absolute atomic E-state index is 13.7. The molecule has 0 amide bonds. The van der Waals surface area contributed by atoms with E-state index in [2.05, 4.69) is 29.1 Å². The monoisotopic (exact) mass is 464 g/mol. The number of nitrogens with zero attached hydrogens (tertiary/aromatic N) is 4. The van der Waals surface area contributed by atoms with Crippen LogP contribution in [0.25, 0.3) is 11.2 Å². The van der Waals surface area contributed by atoms with E-state index in [9.17, 15) is 9.90 Å². The van der Waals surface area contributed by atoms with Crippen molar-refractivity contribution in [2.45, 2.75) is 97.6 Å². The molecular formula is C28H40N4O2. The van der Waals surface area contributed by atoms with Crippen LogP contribution in [0.3, 0.4) is 0 Å². The van der Waals surface area contributed by atoms with E-state index in [1.54, 1.807) is 10.9 Å². The van der Waals surface area contributed by atoms with Crippen LogP contribution >= 0.6 is 0 Å². The van der Waals surface area contributed by atoms with Gasteiger partial charge in [-0.3, -0.25) is 4.79 Å². The van der Waals surface area contributed by atoms with Crippen LogP contribution < -0.4 is 0 Å². The van der Waals surface area contributed by atoms with Crippen LogP contribution in [0.15, 0.2) is 12.3 Å². The second-order valence-corrected chi connectivity index (χ2v) is 13.1. The first-order valence-electron chi connectivity index (χ1n) is 13.5. The van der Waals surface area contributed by atoms with Crippen molar-refractivity contribution in [2.24, 2.45) is 40.4 Å². The third kappa shape index (κ3) is 3.30. The number of fused-ring (bicyclic) bond motifs is 6. The molecular weight excluding hydrogens is 424 g/mol. The molecule has 0 aromatic carbocycles. The molecule has 0 aliphatic heterocycles. The zero-order valence-electron chi connectivity index (χ0n) is 21.3. The van der Waals surface area contributed by atoms with Gasteiger partial charge in [0.1, 0.15) is 12.1 Å². The summed E-state index contributed by atoms with van der Waals surface area (Å²) < 4.78 is 1.76. The number of hydrogen-bond acceptors (Lipinski definition) is 5. The maximum Gasteiger partial charge on any atom is 0.201 e. The minimum Gasteiger partial charge on any atom is -0.390 e. The van der Waals surface area contributed by atoms with E-state index in [0.29, 0.717) is 35.2 Å². The molecule has 6 rings (SSSR count). The van der Waals surface area contributed by atoms with Gasteiger partial charge in [0.15, 0.2) is 5.78 Å². The van der Waals surface area contributed by atoms with Gasteiger partial charge in [-0.25, -0.2) is 9.67 Å². The van der Waals surface area contributed by atoms with E-state index in [1.165, 1.54) is 25.7 Å². The first kappa shape index (κ1) is 22.6. The van der Waals surface area contributed by atoms with E-state index in [1.807, 2.05) is 19.9 Å². The van der Waals surface area contributed by atoms with Crippen LogP contribution in [-0.4, -0.2) is 36.5 Å². The third-order valence-corrected chi connectivity index (χ3v) is 11.2. The number of pyridine rings is 1. The molecule has 2 heterocycles. The Morgan fingerprint density at radius 2 is 1.85 bits per heavy atom. The van der Waals surface area contributed by atoms with Gasteiger partial charge in [0.05, 0.1) is 5.60 Å². The summed E-state index contributed by atoms with van der Waals surface area (Å²) in [7, 11) is 0. The van der Waals surface area contributed by atoms with E-state index >= 15 is 0 Å². The SMILES string of the molecule is Cc1cnc2nnn(CC(=O)[C@H]3CC[C@H]4[C@@H]5CC[C@@H]6C[C@](C)(O)CC[C@]6(C)[C@H]5CC[C@]34C)c2c1. The molecule has 6 heteroatoms. The lowest BCUT2D eigenvalue weighted by atomic mass is 9.44. The molecule has 0 unspecified atom stereocenters. The maximum atomic E-state index is 13.7. The molecule has 0 bridgehead atoms. The number of ketones is 1. The molecule has 4 saturated carbocycles. The Bertz CT molecular complexity index is 1120. The van der Waals surface area contributed by atoms with E-state index in [-0.39, 0.29) is 11.3 Å². The normalized spacial score (nSPS) is 43.9. The lowest BCUT2D eigenvalue weighted by molar-refractivity contribution is -0.151.